The molecule has 2 heteroatoms. The van der Waals surface area contributed by atoms with Gasteiger partial charge in [0.2, 0.25) is 0 Å². The van der Waals surface area contributed by atoms with Crippen molar-refractivity contribution in [2.45, 2.75) is 19.8 Å². The molecule has 49 heavy (non-hydrogen) atoms. The van der Waals surface area contributed by atoms with Gasteiger partial charge in [-0.05, 0) is 107 Å². The quantitative estimate of drug-likeness (QED) is 0.180. The Morgan fingerprint density at radius 2 is 1.49 bits per heavy atom. The van der Waals surface area contributed by atoms with E-state index in [1.54, 1.807) is 0 Å². The van der Waals surface area contributed by atoms with Gasteiger partial charge < -0.3 is 9.13 Å². The Morgan fingerprint density at radius 1 is 0.673 bits per heavy atom. The molecule has 0 radical (unpaired) electrons. The summed E-state index contributed by atoms with van der Waals surface area (Å²) >= 11 is 0. The Balaban J connectivity index is 1.41. The Kier molecular flexibility index (Phi) is 7.02. The molecule has 1 aliphatic heterocycles. The summed E-state index contributed by atoms with van der Waals surface area (Å²) in [7, 11) is 0. The second-order valence-electron chi connectivity index (χ2n) is 13.0. The van der Waals surface area contributed by atoms with E-state index in [1.807, 2.05) is 0 Å². The van der Waals surface area contributed by atoms with Crippen LogP contribution < -0.4 is 10.6 Å². The van der Waals surface area contributed by atoms with Gasteiger partial charge in [-0.1, -0.05) is 116 Å². The second kappa shape index (κ2) is 11.8. The molecule has 2 aromatic heterocycles. The maximum atomic E-state index is 4.65. The summed E-state index contributed by atoms with van der Waals surface area (Å²) in [6.07, 6.45) is 25.9. The molecule has 0 amide bonds. The number of nitrogens with zero attached hydrogens (tertiary/aromatic N) is 2. The van der Waals surface area contributed by atoms with Gasteiger partial charge in [0.05, 0.1) is 21.9 Å². The van der Waals surface area contributed by atoms with Crippen molar-refractivity contribution in [2.24, 2.45) is 0 Å². The molecule has 0 spiro atoms. The van der Waals surface area contributed by atoms with Crippen LogP contribution in [0.3, 0.4) is 0 Å². The SMILES string of the molecule is C=C1/C=C(C)/C=C\C=C/C=C/Cc2cc(-c3cccc4c3c3c(n4-c4ccccc4)=CC=CCC=3)cc3c4cc5ccccc5cc4n1c23. The van der Waals surface area contributed by atoms with E-state index < -0.39 is 0 Å². The van der Waals surface area contributed by atoms with E-state index in [2.05, 4.69) is 187 Å². The Hall–Kier alpha value is -6.12. The average Bonchev–Trinajstić information content (AvgIpc) is 3.50. The van der Waals surface area contributed by atoms with Gasteiger partial charge in [0, 0.05) is 32.8 Å². The number of benzene rings is 5. The van der Waals surface area contributed by atoms with E-state index in [-0.39, 0.29) is 0 Å². The van der Waals surface area contributed by atoms with Gasteiger partial charge in [-0.2, -0.15) is 0 Å². The molecule has 0 atom stereocenters. The molecular weight excluding hydrogens is 593 g/mol. The summed E-state index contributed by atoms with van der Waals surface area (Å²) < 4.78 is 4.81. The summed E-state index contributed by atoms with van der Waals surface area (Å²) in [5.74, 6) is 0. The molecule has 3 heterocycles. The molecule has 2 nitrogen and oxygen atoms in total. The van der Waals surface area contributed by atoms with Crippen LogP contribution in [0.25, 0.3) is 78.1 Å². The van der Waals surface area contributed by atoms with Crippen LogP contribution in [0.15, 0.2) is 164 Å². The number of allylic oxidation sites excluding steroid dienone is 11. The topological polar surface area (TPSA) is 9.86 Å². The van der Waals surface area contributed by atoms with Gasteiger partial charge in [0.15, 0.2) is 0 Å². The lowest BCUT2D eigenvalue weighted by atomic mass is 9.94. The molecule has 0 saturated heterocycles. The van der Waals surface area contributed by atoms with Crippen LogP contribution in [0.1, 0.15) is 18.9 Å². The number of fused-ring (bicyclic) bond motifs is 7. The summed E-state index contributed by atoms with van der Waals surface area (Å²) in [4.78, 5) is 0. The molecule has 2 aliphatic rings. The standard InChI is InChI=1S/C47H36N2/c1-32-17-8-4-3-5-9-20-36-28-37(30-42-41-29-34-18-14-15-19-35(34)31-45(41)48(47(36)42)33(2)27-32)39-24-16-26-44-46(39)40-23-12-7-13-25-43(40)49(44)38-21-10-6-11-22-38/h3-11,13-19,21-31H,2,12,20H2,1H3/b4-3-,9-5+,17-8-,32-27+. The van der Waals surface area contributed by atoms with Gasteiger partial charge in [0.25, 0.3) is 0 Å². The molecule has 234 valence electrons. The molecule has 1 aliphatic carbocycles. The normalized spacial score (nSPS) is 17.7. The van der Waals surface area contributed by atoms with Crippen LogP contribution in [0.4, 0.5) is 0 Å². The smallest absolute Gasteiger partial charge is 0.0576 e. The first-order valence-corrected chi connectivity index (χ1v) is 17.1. The first-order valence-electron chi connectivity index (χ1n) is 17.1. The van der Waals surface area contributed by atoms with Gasteiger partial charge in [-0.15, -0.1) is 0 Å². The van der Waals surface area contributed by atoms with E-state index in [1.165, 1.54) is 76.4 Å². The van der Waals surface area contributed by atoms with E-state index in [0.29, 0.717) is 0 Å². The predicted octanol–water partition coefficient (Wildman–Crippen LogP) is 10.7. The second-order valence-corrected chi connectivity index (χ2v) is 13.0. The summed E-state index contributed by atoms with van der Waals surface area (Å²) in [6.45, 7) is 6.79. The van der Waals surface area contributed by atoms with Crippen molar-refractivity contribution >= 4 is 61.3 Å². The Bertz CT molecular complexity index is 2770. The third-order valence-electron chi connectivity index (χ3n) is 9.90. The number of hydrogen-bond acceptors (Lipinski definition) is 0. The molecule has 0 bridgehead atoms. The molecule has 5 aromatic carbocycles. The Morgan fingerprint density at radius 3 is 2.37 bits per heavy atom. The molecular formula is C47H36N2. The number of aromatic nitrogens is 2. The van der Waals surface area contributed by atoms with Gasteiger partial charge in [-0.3, -0.25) is 0 Å². The summed E-state index contributed by atoms with van der Waals surface area (Å²) in [5, 5.41) is 8.76. The lowest BCUT2D eigenvalue weighted by Gasteiger charge is -2.14. The van der Waals surface area contributed by atoms with Crippen molar-refractivity contribution in [1.82, 2.24) is 9.13 Å². The minimum absolute atomic E-state index is 0.799. The molecule has 9 rings (SSSR count). The van der Waals surface area contributed by atoms with E-state index >= 15 is 0 Å². The van der Waals surface area contributed by atoms with Crippen LogP contribution in [-0.4, -0.2) is 9.13 Å². The van der Waals surface area contributed by atoms with Crippen molar-refractivity contribution in [1.29, 1.82) is 0 Å². The monoisotopic (exact) mass is 628 g/mol. The summed E-state index contributed by atoms with van der Waals surface area (Å²) in [5.41, 5.74) is 10.7. The maximum absolute atomic E-state index is 4.65. The third-order valence-corrected chi connectivity index (χ3v) is 9.90. The zero-order chi connectivity index (χ0) is 32.9. The highest BCUT2D eigenvalue weighted by molar-refractivity contribution is 6.16. The molecule has 0 unspecified atom stereocenters. The summed E-state index contributed by atoms with van der Waals surface area (Å²) in [6, 6.07) is 35.8. The van der Waals surface area contributed by atoms with Crippen LogP contribution in [0.5, 0.6) is 0 Å². The lowest BCUT2D eigenvalue weighted by molar-refractivity contribution is 1.07. The van der Waals surface area contributed by atoms with E-state index in [9.17, 15) is 0 Å². The molecule has 0 N–H and O–H groups in total. The van der Waals surface area contributed by atoms with Crippen molar-refractivity contribution in [3.63, 3.8) is 0 Å². The van der Waals surface area contributed by atoms with E-state index in [0.717, 1.165) is 24.1 Å². The largest absolute Gasteiger partial charge is 0.310 e. The van der Waals surface area contributed by atoms with Crippen molar-refractivity contribution in [3.05, 3.63) is 180 Å². The van der Waals surface area contributed by atoms with E-state index in [4.69, 9.17) is 0 Å². The minimum atomic E-state index is 0.799. The zero-order valence-electron chi connectivity index (χ0n) is 27.6. The van der Waals surface area contributed by atoms with Crippen LogP contribution in [-0.2, 0) is 6.42 Å². The first-order chi connectivity index (χ1) is 24.2. The molecule has 7 aromatic rings. The van der Waals surface area contributed by atoms with Gasteiger partial charge >= 0.3 is 0 Å². The number of para-hydroxylation sites is 1. The fourth-order valence-corrected chi connectivity index (χ4v) is 7.79. The number of hydrogen-bond donors (Lipinski definition) is 0. The van der Waals surface area contributed by atoms with Crippen molar-refractivity contribution in [2.75, 3.05) is 0 Å². The van der Waals surface area contributed by atoms with Crippen LogP contribution in [0.2, 0.25) is 0 Å². The lowest BCUT2D eigenvalue weighted by Crippen LogP contribution is -2.27. The third kappa shape index (κ3) is 4.88. The number of rotatable bonds is 2. The predicted molar refractivity (Wildman–Crippen MR) is 211 cm³/mol. The van der Waals surface area contributed by atoms with Crippen LogP contribution in [0, 0.1) is 0 Å². The zero-order valence-corrected chi connectivity index (χ0v) is 27.6. The van der Waals surface area contributed by atoms with Crippen molar-refractivity contribution < 1.29 is 0 Å². The van der Waals surface area contributed by atoms with Gasteiger partial charge in [-0.25, -0.2) is 0 Å². The highest BCUT2D eigenvalue weighted by atomic mass is 15.0. The Labute approximate surface area is 286 Å². The molecule has 0 fully saturated rings. The maximum Gasteiger partial charge on any atom is 0.0576 e. The average molecular weight is 629 g/mol. The van der Waals surface area contributed by atoms with Gasteiger partial charge in [0.1, 0.15) is 0 Å². The molecule has 0 saturated carbocycles. The first kappa shape index (κ1) is 29.1. The fraction of sp³-hybridized carbons (Fsp3) is 0.0638. The van der Waals surface area contributed by atoms with Crippen LogP contribution >= 0.6 is 0 Å². The highest BCUT2D eigenvalue weighted by Gasteiger charge is 2.20. The minimum Gasteiger partial charge on any atom is -0.310 e. The fourth-order valence-electron chi connectivity index (χ4n) is 7.79. The highest BCUT2D eigenvalue weighted by Crippen LogP contribution is 2.40. The van der Waals surface area contributed by atoms with Crippen molar-refractivity contribution in [3.8, 4) is 16.8 Å².